The van der Waals surface area contributed by atoms with Gasteiger partial charge in [0.2, 0.25) is 5.90 Å². The molecule has 3 heterocycles. The summed E-state index contributed by atoms with van der Waals surface area (Å²) in [5, 5.41) is 7.26. The van der Waals surface area contributed by atoms with Gasteiger partial charge in [-0.25, -0.2) is 0 Å². The molecule has 0 N–H and O–H groups in total. The highest BCUT2D eigenvalue weighted by atomic mass is 19.4. The van der Waals surface area contributed by atoms with Crippen LogP contribution in [-0.2, 0) is 18.1 Å². The average molecular weight is 472 g/mol. The van der Waals surface area contributed by atoms with Gasteiger partial charge in [-0.05, 0) is 35.9 Å². The number of alkyl halides is 6. The third kappa shape index (κ3) is 5.35. The number of halogens is 6. The third-order valence-corrected chi connectivity index (χ3v) is 4.53. The van der Waals surface area contributed by atoms with Crippen LogP contribution < -0.4 is 9.47 Å². The summed E-state index contributed by atoms with van der Waals surface area (Å²) in [6, 6.07) is 9.04. The van der Waals surface area contributed by atoms with E-state index in [0.29, 0.717) is 5.56 Å². The van der Waals surface area contributed by atoms with Crippen molar-refractivity contribution in [2.45, 2.75) is 25.1 Å². The number of aromatic nitrogens is 3. The molecule has 174 valence electrons. The van der Waals surface area contributed by atoms with Crippen molar-refractivity contribution in [1.29, 1.82) is 0 Å². The molecule has 0 aliphatic carbocycles. The van der Waals surface area contributed by atoms with Gasteiger partial charge in [0.15, 0.2) is 11.8 Å². The normalized spacial score (nSPS) is 16.3. The minimum atomic E-state index is -4.78. The van der Waals surface area contributed by atoms with Crippen LogP contribution in [0, 0.1) is 0 Å². The smallest absolute Gasteiger partial charge is 0.438 e. The van der Waals surface area contributed by atoms with Crippen LogP contribution >= 0.6 is 0 Å². The fraction of sp³-hybridized carbons (Fsp3) is 0.250. The molecule has 0 saturated carbocycles. The van der Waals surface area contributed by atoms with E-state index in [1.165, 1.54) is 37.5 Å². The Labute approximate surface area is 182 Å². The molecule has 4 rings (SSSR count). The summed E-state index contributed by atoms with van der Waals surface area (Å²) in [6.45, 7) is 0. The number of nitrogens with zero attached hydrogens (tertiary/aromatic N) is 4. The average Bonchev–Trinajstić information content (AvgIpc) is 3.35. The first-order valence-corrected chi connectivity index (χ1v) is 9.32. The molecule has 3 aromatic rings. The molecule has 2 aromatic heterocycles. The highest BCUT2D eigenvalue weighted by Crippen LogP contribution is 2.32. The number of ether oxygens (including phenoxy) is 2. The molecule has 0 spiro atoms. The van der Waals surface area contributed by atoms with Gasteiger partial charge in [-0.15, -0.1) is 13.2 Å². The van der Waals surface area contributed by atoms with Crippen molar-refractivity contribution >= 4 is 5.90 Å². The Bertz CT molecular complexity index is 1150. The van der Waals surface area contributed by atoms with Crippen molar-refractivity contribution in [3.63, 3.8) is 0 Å². The highest BCUT2D eigenvalue weighted by Gasteiger charge is 2.35. The number of hydrogen-bond acceptors (Lipinski definition) is 6. The summed E-state index contributed by atoms with van der Waals surface area (Å²) in [4.78, 5) is 9.38. The molecule has 1 atom stereocenters. The molecule has 33 heavy (non-hydrogen) atoms. The van der Waals surface area contributed by atoms with Crippen molar-refractivity contribution < 1.29 is 40.7 Å². The quantitative estimate of drug-likeness (QED) is 0.485. The Hall–Kier alpha value is -3.77. The summed E-state index contributed by atoms with van der Waals surface area (Å²) in [7, 11) is 1.38. The Morgan fingerprint density at radius 2 is 1.70 bits per heavy atom. The molecular weight excluding hydrogens is 458 g/mol. The molecule has 0 bridgehead atoms. The van der Waals surface area contributed by atoms with E-state index in [-0.39, 0.29) is 35.2 Å². The Morgan fingerprint density at radius 3 is 2.27 bits per heavy atom. The lowest BCUT2D eigenvalue weighted by Crippen LogP contribution is -2.17. The second-order valence-corrected chi connectivity index (χ2v) is 6.92. The molecule has 0 radical (unpaired) electrons. The fourth-order valence-corrected chi connectivity index (χ4v) is 3.05. The Kier molecular flexibility index (Phi) is 5.64. The number of rotatable bonds is 4. The first-order valence-electron chi connectivity index (χ1n) is 9.32. The molecule has 0 saturated heterocycles. The van der Waals surface area contributed by atoms with E-state index in [1.807, 2.05) is 0 Å². The van der Waals surface area contributed by atoms with Crippen LogP contribution in [0.15, 0.2) is 53.8 Å². The maximum atomic E-state index is 12.8. The van der Waals surface area contributed by atoms with Gasteiger partial charge in [-0.1, -0.05) is 17.3 Å². The van der Waals surface area contributed by atoms with E-state index < -0.39 is 24.3 Å². The minimum Gasteiger partial charge on any atom is -0.438 e. The topological polar surface area (TPSA) is 70.8 Å². The van der Waals surface area contributed by atoms with Crippen LogP contribution in [0.1, 0.15) is 23.8 Å². The first-order chi connectivity index (χ1) is 15.5. The van der Waals surface area contributed by atoms with Crippen molar-refractivity contribution in [3.05, 3.63) is 59.9 Å². The van der Waals surface area contributed by atoms with Gasteiger partial charge < -0.3 is 14.3 Å². The molecule has 1 aliphatic rings. The lowest BCUT2D eigenvalue weighted by atomic mass is 10.1. The van der Waals surface area contributed by atoms with Gasteiger partial charge in [0.05, 0.1) is 24.0 Å². The number of oxime groups is 1. The van der Waals surface area contributed by atoms with Gasteiger partial charge in [0.25, 0.3) is 0 Å². The second-order valence-electron chi connectivity index (χ2n) is 6.92. The number of benzene rings is 1. The number of aryl methyl sites for hydroxylation is 1. The number of pyridine rings is 1. The zero-order valence-corrected chi connectivity index (χ0v) is 16.7. The summed E-state index contributed by atoms with van der Waals surface area (Å²) in [5.74, 6) is 0.113. The predicted molar refractivity (Wildman–Crippen MR) is 101 cm³/mol. The van der Waals surface area contributed by atoms with Crippen molar-refractivity contribution in [2.75, 3.05) is 0 Å². The maximum absolute atomic E-state index is 12.8. The van der Waals surface area contributed by atoms with Crippen LogP contribution in [0.2, 0.25) is 0 Å². The lowest BCUT2D eigenvalue weighted by molar-refractivity contribution is -0.274. The van der Waals surface area contributed by atoms with Crippen LogP contribution in [0.4, 0.5) is 26.3 Å². The third-order valence-electron chi connectivity index (χ3n) is 4.53. The fourth-order valence-electron chi connectivity index (χ4n) is 3.05. The monoisotopic (exact) mass is 472 g/mol. The highest BCUT2D eigenvalue weighted by molar-refractivity contribution is 5.79. The van der Waals surface area contributed by atoms with Crippen LogP contribution in [0.25, 0.3) is 11.4 Å². The maximum Gasteiger partial charge on any atom is 0.573 e. The van der Waals surface area contributed by atoms with Crippen LogP contribution in [0.3, 0.4) is 0 Å². The van der Waals surface area contributed by atoms with Crippen LogP contribution in [-0.4, -0.2) is 27.0 Å². The van der Waals surface area contributed by atoms with Crippen LogP contribution in [0.5, 0.6) is 11.5 Å². The Morgan fingerprint density at radius 1 is 1.00 bits per heavy atom. The molecule has 0 unspecified atom stereocenters. The van der Waals surface area contributed by atoms with E-state index in [2.05, 4.69) is 20.0 Å². The Balaban J connectivity index is 1.37. The molecular formula is C20H14F6N4O3. The predicted octanol–water partition coefficient (Wildman–Crippen LogP) is 5.25. The minimum absolute atomic E-state index is 0.174. The van der Waals surface area contributed by atoms with Crippen molar-refractivity contribution in [2.24, 2.45) is 12.2 Å². The van der Waals surface area contributed by atoms with Gasteiger partial charge in [-0.3, -0.25) is 9.67 Å². The lowest BCUT2D eigenvalue weighted by Gasteiger charge is -2.11. The molecule has 7 nitrogen and oxygen atoms in total. The molecule has 1 aromatic carbocycles. The van der Waals surface area contributed by atoms with Gasteiger partial charge in [0, 0.05) is 7.05 Å². The van der Waals surface area contributed by atoms with E-state index in [9.17, 15) is 26.3 Å². The first kappa shape index (κ1) is 22.4. The van der Waals surface area contributed by atoms with E-state index in [1.54, 1.807) is 0 Å². The summed E-state index contributed by atoms with van der Waals surface area (Å²) < 4.78 is 85.8. The van der Waals surface area contributed by atoms with E-state index >= 15 is 0 Å². The van der Waals surface area contributed by atoms with Gasteiger partial charge >= 0.3 is 12.5 Å². The summed E-state index contributed by atoms with van der Waals surface area (Å²) >= 11 is 0. The van der Waals surface area contributed by atoms with E-state index in [0.717, 1.165) is 22.9 Å². The van der Waals surface area contributed by atoms with E-state index in [4.69, 9.17) is 9.57 Å². The second kappa shape index (κ2) is 8.30. The summed E-state index contributed by atoms with van der Waals surface area (Å²) in [6.07, 6.45) is -8.40. The summed E-state index contributed by atoms with van der Waals surface area (Å²) in [5.41, 5.74) is -0.0226. The van der Waals surface area contributed by atoms with Gasteiger partial charge in [-0.2, -0.15) is 18.3 Å². The van der Waals surface area contributed by atoms with Crippen molar-refractivity contribution in [3.8, 4) is 22.9 Å². The molecule has 0 amide bonds. The molecule has 0 fully saturated rings. The molecule has 13 heteroatoms. The standard InChI is InChI=1S/C20H14F6N4O3/c1-30-15(8-17(28-30)19(21,22)23)14-7-6-13(10-27-14)31-18-9-16(33-29-18)11-2-4-12(5-3-11)32-20(24,25)26/h2-8,10,16H,9H2,1H3/t16-/m0/s1. The molecule has 1 aliphatic heterocycles. The largest absolute Gasteiger partial charge is 0.573 e. The SMILES string of the molecule is Cn1nc(C(F)(F)F)cc1-c1ccc(OC2=NO[C@H](c3ccc(OC(F)(F)F)cc3)C2)cn1. The number of hydrogen-bond donors (Lipinski definition) is 0. The van der Waals surface area contributed by atoms with Crippen molar-refractivity contribution in [1.82, 2.24) is 14.8 Å². The van der Waals surface area contributed by atoms with Gasteiger partial charge in [0.1, 0.15) is 11.5 Å². The zero-order chi connectivity index (χ0) is 23.8. The zero-order valence-electron chi connectivity index (χ0n) is 16.7.